The number of aliphatic imine (C=N–C) groups is 1. The molecule has 0 spiro atoms. The average Bonchev–Trinajstić information content (AvgIpc) is 3.02. The molecule has 0 fully saturated rings. The number of rotatable bonds is 6. The summed E-state index contributed by atoms with van der Waals surface area (Å²) in [6.07, 6.45) is 0. The highest BCUT2D eigenvalue weighted by Gasteiger charge is 2.03. The lowest BCUT2D eigenvalue weighted by Gasteiger charge is -2.08. The lowest BCUT2D eigenvalue weighted by Crippen LogP contribution is -2.23. The number of fused-ring (bicyclic) bond motifs is 1. The fourth-order valence-corrected chi connectivity index (χ4v) is 3.37. The molecule has 6 nitrogen and oxygen atoms in total. The summed E-state index contributed by atoms with van der Waals surface area (Å²) in [7, 11) is 1.57. The number of aromatic nitrogens is 1. The van der Waals surface area contributed by atoms with Crippen LogP contribution in [0, 0.1) is 0 Å². The van der Waals surface area contributed by atoms with E-state index in [1.807, 2.05) is 24.3 Å². The zero-order valence-corrected chi connectivity index (χ0v) is 17.9. The van der Waals surface area contributed by atoms with Crippen LogP contribution in [0.4, 0.5) is 10.8 Å². The van der Waals surface area contributed by atoms with Gasteiger partial charge >= 0.3 is 0 Å². The van der Waals surface area contributed by atoms with Gasteiger partial charge in [0, 0.05) is 12.2 Å². The van der Waals surface area contributed by atoms with Crippen LogP contribution in [0.5, 0.6) is 5.75 Å². The normalized spacial score (nSPS) is 11.1. The van der Waals surface area contributed by atoms with Gasteiger partial charge in [0.05, 0.1) is 28.9 Å². The van der Waals surface area contributed by atoms with Crippen molar-refractivity contribution in [2.45, 2.75) is 0 Å². The molecule has 138 valence electrons. The zero-order chi connectivity index (χ0) is 17.6. The van der Waals surface area contributed by atoms with E-state index in [2.05, 4.69) is 26.7 Å². The van der Waals surface area contributed by atoms with E-state index in [0.29, 0.717) is 29.8 Å². The van der Waals surface area contributed by atoms with E-state index in [1.165, 1.54) is 0 Å². The molecule has 0 bridgehead atoms. The van der Waals surface area contributed by atoms with Crippen molar-refractivity contribution in [1.29, 1.82) is 0 Å². The van der Waals surface area contributed by atoms with E-state index >= 15 is 0 Å². The Hall–Kier alpha value is -1.78. The number of hydrogen-bond acceptors (Lipinski definition) is 5. The predicted octanol–water partition coefficient (Wildman–Crippen LogP) is 4.42. The van der Waals surface area contributed by atoms with Crippen molar-refractivity contribution in [3.05, 3.63) is 47.5 Å². The number of halogens is 2. The van der Waals surface area contributed by atoms with E-state index in [4.69, 9.17) is 22.1 Å². The van der Waals surface area contributed by atoms with E-state index in [-0.39, 0.29) is 24.0 Å². The molecule has 0 saturated carbocycles. The minimum atomic E-state index is 0. The van der Waals surface area contributed by atoms with Gasteiger partial charge in [-0.1, -0.05) is 35.1 Å². The van der Waals surface area contributed by atoms with Gasteiger partial charge in [0.1, 0.15) is 5.75 Å². The molecule has 0 aliphatic carbocycles. The molecule has 0 unspecified atom stereocenters. The van der Waals surface area contributed by atoms with Crippen LogP contribution in [-0.2, 0) is 0 Å². The minimum absolute atomic E-state index is 0. The van der Waals surface area contributed by atoms with Gasteiger partial charge in [0.15, 0.2) is 11.1 Å². The number of ether oxygens (including phenoxy) is 1. The van der Waals surface area contributed by atoms with Crippen molar-refractivity contribution in [3.8, 4) is 5.75 Å². The number of guanidine groups is 1. The summed E-state index contributed by atoms with van der Waals surface area (Å²) < 4.78 is 6.27. The first kappa shape index (κ1) is 20.5. The Morgan fingerprint density at radius 1 is 1.31 bits per heavy atom. The number of benzene rings is 2. The number of para-hydroxylation sites is 1. The Morgan fingerprint density at radius 3 is 2.85 bits per heavy atom. The SMILES string of the molecule is COc1ccc(NC(N)=NCCNc2nc3ccccc3s2)cc1Cl.I. The van der Waals surface area contributed by atoms with Crippen LogP contribution in [0.1, 0.15) is 0 Å². The van der Waals surface area contributed by atoms with Crippen LogP contribution < -0.4 is 21.1 Å². The lowest BCUT2D eigenvalue weighted by molar-refractivity contribution is 0.415. The molecule has 26 heavy (non-hydrogen) atoms. The van der Waals surface area contributed by atoms with Gasteiger partial charge in [-0.15, -0.1) is 24.0 Å². The molecule has 1 heterocycles. The van der Waals surface area contributed by atoms with Crippen LogP contribution in [-0.4, -0.2) is 31.1 Å². The van der Waals surface area contributed by atoms with Gasteiger partial charge in [-0.3, -0.25) is 4.99 Å². The van der Waals surface area contributed by atoms with Crippen LogP contribution in [0.25, 0.3) is 10.2 Å². The van der Waals surface area contributed by atoms with Gasteiger partial charge in [0.2, 0.25) is 0 Å². The topological polar surface area (TPSA) is 84.6 Å². The number of nitrogens with two attached hydrogens (primary N) is 1. The second-order valence-electron chi connectivity index (χ2n) is 5.15. The lowest BCUT2D eigenvalue weighted by atomic mass is 10.3. The average molecular weight is 504 g/mol. The van der Waals surface area contributed by atoms with Gasteiger partial charge < -0.3 is 21.1 Å². The van der Waals surface area contributed by atoms with Crippen molar-refractivity contribution >= 4 is 73.9 Å². The second kappa shape index (κ2) is 9.79. The first-order valence-corrected chi connectivity index (χ1v) is 8.85. The molecular formula is C17H19ClIN5OS. The molecule has 9 heteroatoms. The molecule has 0 aliphatic heterocycles. The summed E-state index contributed by atoms with van der Waals surface area (Å²) in [6, 6.07) is 13.4. The van der Waals surface area contributed by atoms with Gasteiger partial charge in [0.25, 0.3) is 0 Å². The maximum absolute atomic E-state index is 6.08. The Labute approximate surface area is 177 Å². The quantitative estimate of drug-likeness (QED) is 0.201. The third kappa shape index (κ3) is 5.36. The molecular weight excluding hydrogens is 485 g/mol. The maximum atomic E-state index is 6.08. The van der Waals surface area contributed by atoms with E-state index in [0.717, 1.165) is 21.0 Å². The number of methoxy groups -OCH3 is 1. The first-order valence-electron chi connectivity index (χ1n) is 7.65. The maximum Gasteiger partial charge on any atom is 0.193 e. The number of thiazole rings is 1. The van der Waals surface area contributed by atoms with Crippen molar-refractivity contribution in [1.82, 2.24) is 4.98 Å². The predicted molar refractivity (Wildman–Crippen MR) is 122 cm³/mol. The molecule has 1 aromatic heterocycles. The third-order valence-corrected chi connectivity index (χ3v) is 4.68. The van der Waals surface area contributed by atoms with Crippen LogP contribution >= 0.6 is 46.9 Å². The molecule has 3 aromatic rings. The molecule has 0 aliphatic rings. The summed E-state index contributed by atoms with van der Waals surface area (Å²) in [5.74, 6) is 0.940. The molecule has 0 amide bonds. The Morgan fingerprint density at radius 2 is 2.12 bits per heavy atom. The number of nitrogens with zero attached hydrogens (tertiary/aromatic N) is 2. The largest absolute Gasteiger partial charge is 0.495 e. The standard InChI is InChI=1S/C17H18ClN5OS.HI/c1-24-14-7-6-11(10-12(14)18)22-16(19)20-8-9-21-17-23-13-4-2-3-5-15(13)25-17;/h2-7,10H,8-9H2,1H3,(H,21,23)(H3,19,20,22);1H. The van der Waals surface area contributed by atoms with Crippen molar-refractivity contribution in [3.63, 3.8) is 0 Å². The molecule has 4 N–H and O–H groups in total. The summed E-state index contributed by atoms with van der Waals surface area (Å²) in [5, 5.41) is 7.65. The monoisotopic (exact) mass is 503 g/mol. The van der Waals surface area contributed by atoms with E-state index in [1.54, 1.807) is 30.6 Å². The highest BCUT2D eigenvalue weighted by atomic mass is 127. The molecule has 3 rings (SSSR count). The van der Waals surface area contributed by atoms with Crippen LogP contribution in [0.3, 0.4) is 0 Å². The van der Waals surface area contributed by atoms with Crippen molar-refractivity contribution in [2.24, 2.45) is 10.7 Å². The Bertz CT molecular complexity index is 869. The molecule has 0 radical (unpaired) electrons. The van der Waals surface area contributed by atoms with E-state index < -0.39 is 0 Å². The molecule has 0 atom stereocenters. The third-order valence-electron chi connectivity index (χ3n) is 3.39. The molecule has 0 saturated heterocycles. The minimum Gasteiger partial charge on any atom is -0.495 e. The summed E-state index contributed by atoms with van der Waals surface area (Å²) >= 11 is 7.70. The van der Waals surface area contributed by atoms with Gasteiger partial charge in [-0.25, -0.2) is 4.98 Å². The van der Waals surface area contributed by atoms with Crippen LogP contribution in [0.15, 0.2) is 47.5 Å². The first-order chi connectivity index (χ1) is 12.2. The van der Waals surface area contributed by atoms with Gasteiger partial charge in [-0.2, -0.15) is 0 Å². The Balaban J connectivity index is 0.00000243. The fourth-order valence-electron chi connectivity index (χ4n) is 2.22. The summed E-state index contributed by atoms with van der Waals surface area (Å²) in [6.45, 7) is 1.17. The number of anilines is 2. The van der Waals surface area contributed by atoms with Crippen molar-refractivity contribution in [2.75, 3.05) is 30.8 Å². The van der Waals surface area contributed by atoms with E-state index in [9.17, 15) is 0 Å². The number of hydrogen-bond donors (Lipinski definition) is 3. The smallest absolute Gasteiger partial charge is 0.193 e. The summed E-state index contributed by atoms with van der Waals surface area (Å²) in [5.41, 5.74) is 7.64. The second-order valence-corrected chi connectivity index (χ2v) is 6.59. The Kier molecular flexibility index (Phi) is 7.73. The van der Waals surface area contributed by atoms with Gasteiger partial charge in [-0.05, 0) is 30.3 Å². The zero-order valence-electron chi connectivity index (χ0n) is 14.0. The van der Waals surface area contributed by atoms with Crippen LogP contribution in [0.2, 0.25) is 5.02 Å². The molecule has 2 aromatic carbocycles. The number of nitrogens with one attached hydrogen (secondary N) is 2. The highest BCUT2D eigenvalue weighted by molar-refractivity contribution is 14.0. The van der Waals surface area contributed by atoms with Crippen molar-refractivity contribution < 1.29 is 4.74 Å². The highest BCUT2D eigenvalue weighted by Crippen LogP contribution is 2.27. The fraction of sp³-hybridized carbons (Fsp3) is 0.176. The summed E-state index contributed by atoms with van der Waals surface area (Å²) in [4.78, 5) is 8.79.